The third kappa shape index (κ3) is 2.50. The van der Waals surface area contributed by atoms with Crippen LogP contribution in [0.2, 0.25) is 0 Å². The number of rotatable bonds is 2. The van der Waals surface area contributed by atoms with E-state index >= 15 is 0 Å². The smallest absolute Gasteiger partial charge is 0.308 e. The number of fused-ring (bicyclic) bond motifs is 1. The maximum atomic E-state index is 14.0. The lowest BCUT2D eigenvalue weighted by Gasteiger charge is -2.12. The molecule has 3 nitrogen and oxygen atoms in total. The molecule has 1 atom stereocenters. The van der Waals surface area contributed by atoms with Crippen molar-refractivity contribution in [1.29, 1.82) is 0 Å². The Labute approximate surface area is 125 Å². The Morgan fingerprint density at radius 1 is 1.14 bits per heavy atom. The first-order chi connectivity index (χ1) is 10.5. The van der Waals surface area contributed by atoms with Gasteiger partial charge in [-0.05, 0) is 29.3 Å². The van der Waals surface area contributed by atoms with Crippen molar-refractivity contribution in [3.05, 3.63) is 64.7 Å². The summed E-state index contributed by atoms with van der Waals surface area (Å²) in [5.74, 6) is -2.13. The van der Waals surface area contributed by atoms with E-state index in [1.807, 2.05) is 0 Å². The van der Waals surface area contributed by atoms with Crippen molar-refractivity contribution in [2.75, 3.05) is 0 Å². The number of hydrogen-bond donors (Lipinski definition) is 0. The van der Waals surface area contributed by atoms with Crippen molar-refractivity contribution in [2.45, 2.75) is 19.3 Å². The molecule has 0 radical (unpaired) electrons. The lowest BCUT2D eigenvalue weighted by Crippen LogP contribution is -2.03. The molecule has 2 aromatic rings. The Morgan fingerprint density at radius 3 is 2.55 bits per heavy atom. The Balaban J connectivity index is 2.02. The van der Waals surface area contributed by atoms with E-state index in [0.717, 1.165) is 6.07 Å². The molecule has 112 valence electrons. The molecular formula is C17H12F2O3. The van der Waals surface area contributed by atoms with Gasteiger partial charge in [-0.15, -0.1) is 0 Å². The number of hydrogen-bond acceptors (Lipinski definition) is 3. The van der Waals surface area contributed by atoms with Crippen molar-refractivity contribution >= 4 is 11.8 Å². The molecule has 0 fully saturated rings. The molecule has 0 aromatic heterocycles. The average molecular weight is 302 g/mol. The third-order valence-corrected chi connectivity index (χ3v) is 3.69. The van der Waals surface area contributed by atoms with Gasteiger partial charge in [-0.3, -0.25) is 9.59 Å². The van der Waals surface area contributed by atoms with Crippen LogP contribution in [0.3, 0.4) is 0 Å². The minimum absolute atomic E-state index is 0.113. The van der Waals surface area contributed by atoms with Crippen LogP contribution in [0.25, 0.3) is 0 Å². The van der Waals surface area contributed by atoms with Crippen molar-refractivity contribution in [1.82, 2.24) is 0 Å². The summed E-state index contributed by atoms with van der Waals surface area (Å²) in [6, 6.07) is 8.04. The predicted molar refractivity (Wildman–Crippen MR) is 74.9 cm³/mol. The fraction of sp³-hybridized carbons (Fsp3) is 0.176. The predicted octanol–water partition coefficient (Wildman–Crippen LogP) is 3.61. The van der Waals surface area contributed by atoms with Gasteiger partial charge in [0.1, 0.15) is 17.4 Å². The molecule has 22 heavy (non-hydrogen) atoms. The molecule has 1 aliphatic carbocycles. The second-order valence-corrected chi connectivity index (χ2v) is 5.19. The van der Waals surface area contributed by atoms with Crippen LogP contribution in [0.15, 0.2) is 36.4 Å². The summed E-state index contributed by atoms with van der Waals surface area (Å²) < 4.78 is 31.9. The fourth-order valence-corrected chi connectivity index (χ4v) is 2.78. The molecule has 0 amide bonds. The molecule has 1 unspecified atom stereocenters. The number of carbonyl (C=O) groups is 2. The van der Waals surface area contributed by atoms with Gasteiger partial charge < -0.3 is 4.74 Å². The van der Waals surface area contributed by atoms with Crippen LogP contribution < -0.4 is 4.74 Å². The molecule has 0 saturated heterocycles. The quantitative estimate of drug-likeness (QED) is 0.629. The van der Waals surface area contributed by atoms with Crippen molar-refractivity contribution < 1.29 is 23.1 Å². The van der Waals surface area contributed by atoms with Gasteiger partial charge in [0.15, 0.2) is 5.78 Å². The second-order valence-electron chi connectivity index (χ2n) is 5.19. The van der Waals surface area contributed by atoms with Crippen molar-refractivity contribution in [3.63, 3.8) is 0 Å². The van der Waals surface area contributed by atoms with E-state index in [-0.39, 0.29) is 23.5 Å². The monoisotopic (exact) mass is 302 g/mol. The lowest BCUT2D eigenvalue weighted by atomic mass is 9.92. The number of carbonyl (C=O) groups excluding carboxylic acids is 2. The molecule has 5 heteroatoms. The first-order valence-corrected chi connectivity index (χ1v) is 6.76. The minimum atomic E-state index is -0.672. The summed E-state index contributed by atoms with van der Waals surface area (Å²) in [5, 5.41) is 0. The highest BCUT2D eigenvalue weighted by molar-refractivity contribution is 6.02. The molecule has 0 saturated carbocycles. The highest BCUT2D eigenvalue weighted by atomic mass is 19.1. The van der Waals surface area contributed by atoms with E-state index in [1.165, 1.54) is 25.1 Å². The zero-order valence-electron chi connectivity index (χ0n) is 11.7. The molecule has 3 rings (SSSR count). The SMILES string of the molecule is CC(=O)Oc1ccc2c(c1)C(=O)CC2c1ccc(F)cc1F. The summed E-state index contributed by atoms with van der Waals surface area (Å²) in [7, 11) is 0. The summed E-state index contributed by atoms with van der Waals surface area (Å²) in [4.78, 5) is 23.1. The molecular weight excluding hydrogens is 290 g/mol. The minimum Gasteiger partial charge on any atom is -0.427 e. The zero-order valence-corrected chi connectivity index (χ0v) is 11.7. The molecule has 1 aliphatic rings. The van der Waals surface area contributed by atoms with Gasteiger partial charge in [0, 0.05) is 30.9 Å². The van der Waals surface area contributed by atoms with E-state index in [9.17, 15) is 18.4 Å². The van der Waals surface area contributed by atoms with Crippen LogP contribution in [0.4, 0.5) is 8.78 Å². The molecule has 0 spiro atoms. The maximum Gasteiger partial charge on any atom is 0.308 e. The Bertz CT molecular complexity index is 783. The van der Waals surface area contributed by atoms with Gasteiger partial charge in [0.05, 0.1) is 0 Å². The van der Waals surface area contributed by atoms with Crippen molar-refractivity contribution in [3.8, 4) is 5.75 Å². The first kappa shape index (κ1) is 14.4. The molecule has 0 heterocycles. The average Bonchev–Trinajstić information content (AvgIpc) is 2.75. The Kier molecular flexibility index (Phi) is 3.48. The first-order valence-electron chi connectivity index (χ1n) is 6.76. The number of Topliss-reactive ketones (excluding diaryl/α,β-unsaturated/α-hetero) is 1. The van der Waals surface area contributed by atoms with Gasteiger partial charge in [0.25, 0.3) is 0 Å². The topological polar surface area (TPSA) is 43.4 Å². The highest BCUT2D eigenvalue weighted by Crippen LogP contribution is 2.40. The number of ether oxygens (including phenoxy) is 1. The molecule has 0 aliphatic heterocycles. The van der Waals surface area contributed by atoms with Gasteiger partial charge in [-0.2, -0.15) is 0 Å². The lowest BCUT2D eigenvalue weighted by molar-refractivity contribution is -0.131. The van der Waals surface area contributed by atoms with Crippen LogP contribution in [0.5, 0.6) is 5.75 Å². The number of benzene rings is 2. The molecule has 0 bridgehead atoms. The highest BCUT2D eigenvalue weighted by Gasteiger charge is 2.32. The maximum absolute atomic E-state index is 14.0. The van der Waals surface area contributed by atoms with E-state index < -0.39 is 23.5 Å². The zero-order chi connectivity index (χ0) is 15.9. The van der Waals surface area contributed by atoms with Gasteiger partial charge in [-0.1, -0.05) is 12.1 Å². The van der Waals surface area contributed by atoms with Gasteiger partial charge >= 0.3 is 5.97 Å². The number of ketones is 1. The third-order valence-electron chi connectivity index (χ3n) is 3.69. The van der Waals surface area contributed by atoms with Crippen LogP contribution in [-0.2, 0) is 4.79 Å². The Hall–Kier alpha value is -2.56. The second kappa shape index (κ2) is 5.33. The summed E-state index contributed by atoms with van der Waals surface area (Å²) in [6.07, 6.45) is 0.113. The van der Waals surface area contributed by atoms with Gasteiger partial charge in [0.2, 0.25) is 0 Å². The normalized spacial score (nSPS) is 16.5. The number of esters is 1. The van der Waals surface area contributed by atoms with E-state index in [0.29, 0.717) is 11.1 Å². The van der Waals surface area contributed by atoms with Crippen LogP contribution >= 0.6 is 0 Å². The summed E-state index contributed by atoms with van der Waals surface area (Å²) in [6.45, 7) is 1.27. The van der Waals surface area contributed by atoms with E-state index in [2.05, 4.69) is 0 Å². The molecule has 0 N–H and O–H groups in total. The summed E-state index contributed by atoms with van der Waals surface area (Å²) >= 11 is 0. The fourth-order valence-electron chi connectivity index (χ4n) is 2.78. The molecule has 2 aromatic carbocycles. The standard InChI is InChI=1S/C17H12F2O3/c1-9(20)22-11-3-5-12-14(8-17(21)15(12)7-11)13-4-2-10(18)6-16(13)19/h2-7,14H,8H2,1H3. The van der Waals surface area contributed by atoms with E-state index in [4.69, 9.17) is 4.74 Å². The van der Waals surface area contributed by atoms with Gasteiger partial charge in [-0.25, -0.2) is 8.78 Å². The number of halogens is 2. The van der Waals surface area contributed by atoms with Crippen LogP contribution in [0.1, 0.15) is 40.7 Å². The summed E-state index contributed by atoms with van der Waals surface area (Å²) in [5.41, 5.74) is 1.35. The van der Waals surface area contributed by atoms with Crippen LogP contribution in [0, 0.1) is 11.6 Å². The largest absolute Gasteiger partial charge is 0.427 e. The Morgan fingerprint density at radius 2 is 1.86 bits per heavy atom. The van der Waals surface area contributed by atoms with E-state index in [1.54, 1.807) is 12.1 Å². The van der Waals surface area contributed by atoms with Crippen molar-refractivity contribution in [2.24, 2.45) is 0 Å². The van der Waals surface area contributed by atoms with Crippen LogP contribution in [-0.4, -0.2) is 11.8 Å².